The first-order valence-corrected chi connectivity index (χ1v) is 3.07. The molecule has 0 aromatic carbocycles. The Morgan fingerprint density at radius 1 is 1.69 bits per heavy atom. The van der Waals surface area contributed by atoms with Crippen LogP contribution in [-0.4, -0.2) is 26.1 Å². The first-order valence-electron chi connectivity index (χ1n) is 3.07. The fourth-order valence-electron chi connectivity index (χ4n) is 0.607. The minimum atomic E-state index is -1.37. The topological polar surface area (TPSA) is 118 Å². The smallest absolute Gasteiger partial charge is 0.413 e. The normalized spacial score (nSPS) is 9.23. The lowest BCUT2D eigenvalue weighted by atomic mass is 10.6. The van der Waals surface area contributed by atoms with Crippen molar-refractivity contribution in [1.29, 1.82) is 0 Å². The van der Waals surface area contributed by atoms with Gasteiger partial charge in [-0.15, -0.1) is 0 Å². The van der Waals surface area contributed by atoms with Crippen molar-refractivity contribution in [2.45, 2.75) is 0 Å². The van der Waals surface area contributed by atoms with Crippen LogP contribution in [0.15, 0.2) is 12.3 Å². The van der Waals surface area contributed by atoms with E-state index < -0.39 is 16.8 Å². The highest BCUT2D eigenvalue weighted by atomic mass is 16.6. The summed E-state index contributed by atoms with van der Waals surface area (Å²) in [6.07, 6.45) is -0.281. The third kappa shape index (κ3) is 2.36. The van der Waals surface area contributed by atoms with Gasteiger partial charge in [0.1, 0.15) is 0 Å². The molecule has 1 heterocycles. The van der Waals surface area contributed by atoms with E-state index in [2.05, 4.69) is 9.97 Å². The van der Waals surface area contributed by atoms with Gasteiger partial charge in [0.15, 0.2) is 0 Å². The predicted octanol–water partition coefficient (Wildman–Crippen LogP) is 0.475. The lowest BCUT2D eigenvalue weighted by Crippen LogP contribution is -2.10. The van der Waals surface area contributed by atoms with Gasteiger partial charge in [0.25, 0.3) is 0 Å². The Morgan fingerprint density at radius 2 is 2.38 bits per heavy atom. The molecule has 68 valence electrons. The zero-order valence-electron chi connectivity index (χ0n) is 6.17. The lowest BCUT2D eigenvalue weighted by Gasteiger charge is -1.93. The number of hydrogen-bond acceptors (Lipinski definition) is 5. The predicted molar refractivity (Wildman–Crippen MR) is 40.3 cm³/mol. The molecule has 1 aromatic rings. The number of carbonyl (C=O) groups is 1. The quantitative estimate of drug-likeness (QED) is 0.509. The summed E-state index contributed by atoms with van der Waals surface area (Å²) in [7, 11) is 0. The Morgan fingerprint density at radius 3 is 2.92 bits per heavy atom. The molecule has 0 aliphatic heterocycles. The minimum Gasteiger partial charge on any atom is -0.465 e. The summed E-state index contributed by atoms with van der Waals surface area (Å²) in [4.78, 5) is 26.3. The van der Waals surface area contributed by atoms with E-state index in [4.69, 9.17) is 5.11 Å². The van der Waals surface area contributed by atoms with Gasteiger partial charge in [0, 0.05) is 11.2 Å². The third-order valence-corrected chi connectivity index (χ3v) is 1.05. The molecule has 0 fully saturated rings. The number of carboxylic acid groups (broad SMARTS) is 1. The van der Waals surface area contributed by atoms with Gasteiger partial charge in [-0.2, -0.15) is 4.98 Å². The average molecular weight is 184 g/mol. The van der Waals surface area contributed by atoms with Crippen LogP contribution in [-0.2, 0) is 0 Å². The number of nitro groups is 1. The first-order chi connectivity index (χ1) is 6.09. The molecule has 0 aliphatic carbocycles. The van der Waals surface area contributed by atoms with Gasteiger partial charge < -0.3 is 15.2 Å². The monoisotopic (exact) mass is 184 g/mol. The van der Waals surface area contributed by atoms with Crippen LogP contribution in [0.25, 0.3) is 0 Å². The van der Waals surface area contributed by atoms with Gasteiger partial charge in [0.2, 0.25) is 0 Å². The molecule has 0 atom stereocenters. The molecule has 0 unspecified atom stereocenters. The molecular weight excluding hydrogens is 180 g/mol. The van der Waals surface area contributed by atoms with E-state index in [0.717, 1.165) is 12.3 Å². The van der Waals surface area contributed by atoms with Gasteiger partial charge in [-0.3, -0.25) is 0 Å². The second-order valence-electron chi connectivity index (χ2n) is 1.93. The van der Waals surface area contributed by atoms with Crippen LogP contribution in [0.5, 0.6) is 0 Å². The number of nitrogens with one attached hydrogen (secondary N) is 1. The molecule has 1 aromatic heterocycles. The zero-order valence-corrected chi connectivity index (χ0v) is 6.17. The number of amides is 1. The Hall–Kier alpha value is -2.25. The van der Waals surface area contributed by atoms with Crippen molar-refractivity contribution >= 4 is 17.9 Å². The van der Waals surface area contributed by atoms with E-state index in [-0.39, 0.29) is 5.95 Å². The molecule has 8 nitrogen and oxygen atoms in total. The van der Waals surface area contributed by atoms with E-state index in [0.29, 0.717) is 0 Å². The van der Waals surface area contributed by atoms with Crippen molar-refractivity contribution in [3.63, 3.8) is 0 Å². The van der Waals surface area contributed by atoms with Crippen molar-refractivity contribution in [3.8, 4) is 0 Å². The molecule has 0 aliphatic rings. The van der Waals surface area contributed by atoms with Crippen molar-refractivity contribution in [1.82, 2.24) is 9.97 Å². The van der Waals surface area contributed by atoms with Crippen molar-refractivity contribution in [2.75, 3.05) is 5.32 Å². The van der Waals surface area contributed by atoms with E-state index in [1.54, 1.807) is 5.32 Å². The van der Waals surface area contributed by atoms with Crippen LogP contribution in [0.1, 0.15) is 0 Å². The summed E-state index contributed by atoms with van der Waals surface area (Å²) < 4.78 is 0. The Labute approximate surface area is 71.4 Å². The first kappa shape index (κ1) is 8.84. The molecule has 8 heteroatoms. The average Bonchev–Trinajstić information content (AvgIpc) is 2.03. The van der Waals surface area contributed by atoms with Gasteiger partial charge in [-0.05, 0) is 4.92 Å². The summed E-state index contributed by atoms with van der Waals surface area (Å²) in [5.41, 5.74) is 0. The van der Waals surface area contributed by atoms with E-state index in [1.165, 1.54) is 0 Å². The largest absolute Gasteiger partial charge is 0.465 e. The lowest BCUT2D eigenvalue weighted by molar-refractivity contribution is -0.389. The molecule has 0 saturated heterocycles. The van der Waals surface area contributed by atoms with Gasteiger partial charge in [0.05, 0.1) is 6.07 Å². The molecule has 0 bridgehead atoms. The van der Waals surface area contributed by atoms with Crippen molar-refractivity contribution in [2.24, 2.45) is 0 Å². The Bertz CT molecular complexity index is 352. The highest BCUT2D eigenvalue weighted by Crippen LogP contribution is 2.07. The highest BCUT2D eigenvalue weighted by Gasteiger charge is 2.11. The van der Waals surface area contributed by atoms with E-state index >= 15 is 0 Å². The van der Waals surface area contributed by atoms with Gasteiger partial charge in [-0.1, -0.05) is 0 Å². The third-order valence-electron chi connectivity index (χ3n) is 1.05. The van der Waals surface area contributed by atoms with Crippen molar-refractivity contribution < 1.29 is 14.8 Å². The van der Waals surface area contributed by atoms with Crippen LogP contribution in [0, 0.1) is 10.1 Å². The summed E-state index contributed by atoms with van der Waals surface area (Å²) in [5.74, 6) is -0.777. The molecule has 1 amide bonds. The van der Waals surface area contributed by atoms with Crippen LogP contribution >= 0.6 is 0 Å². The number of hydrogen-bond donors (Lipinski definition) is 2. The second kappa shape index (κ2) is 3.43. The number of anilines is 1. The molecule has 1 rings (SSSR count). The van der Waals surface area contributed by atoms with E-state index in [9.17, 15) is 14.9 Å². The maximum Gasteiger partial charge on any atom is 0.413 e. The fourth-order valence-corrected chi connectivity index (χ4v) is 0.607. The molecular formula is C5H4N4O4. The molecule has 0 spiro atoms. The van der Waals surface area contributed by atoms with Gasteiger partial charge in [-0.25, -0.2) is 10.1 Å². The molecule has 0 saturated carbocycles. The summed E-state index contributed by atoms with van der Waals surface area (Å²) in [5, 5.41) is 20.2. The van der Waals surface area contributed by atoms with Crippen molar-refractivity contribution in [3.05, 3.63) is 22.4 Å². The molecule has 13 heavy (non-hydrogen) atoms. The van der Waals surface area contributed by atoms with Crippen LogP contribution in [0.4, 0.5) is 16.6 Å². The number of nitrogens with zero attached hydrogens (tertiary/aromatic N) is 3. The maximum atomic E-state index is 10.2. The Kier molecular flexibility index (Phi) is 2.33. The van der Waals surface area contributed by atoms with Crippen LogP contribution in [0.3, 0.4) is 0 Å². The second-order valence-corrected chi connectivity index (χ2v) is 1.93. The SMILES string of the molecule is O=C(O)Nc1nccc([N+](=O)[O-])n1. The molecule has 2 N–H and O–H groups in total. The number of aromatic nitrogens is 2. The van der Waals surface area contributed by atoms with Crippen LogP contribution < -0.4 is 5.32 Å². The maximum absolute atomic E-state index is 10.2. The standard InChI is InChI=1S/C5H4N4O4/c10-5(11)8-4-6-2-1-3(7-4)9(12)13/h1-2H,(H,10,11)(H,6,7,8). The highest BCUT2D eigenvalue weighted by molar-refractivity contribution is 5.80. The van der Waals surface area contributed by atoms with E-state index in [1.807, 2.05) is 0 Å². The minimum absolute atomic E-state index is 0.318. The molecule has 0 radical (unpaired) electrons. The summed E-state index contributed by atoms with van der Waals surface area (Å²) in [6, 6.07) is 1.06. The zero-order chi connectivity index (χ0) is 9.84. The summed E-state index contributed by atoms with van der Waals surface area (Å²) in [6.45, 7) is 0. The van der Waals surface area contributed by atoms with Crippen LogP contribution in [0.2, 0.25) is 0 Å². The Balaban J connectivity index is 2.91. The fraction of sp³-hybridized carbons (Fsp3) is 0. The number of rotatable bonds is 2. The van der Waals surface area contributed by atoms with Gasteiger partial charge >= 0.3 is 17.9 Å². The summed E-state index contributed by atoms with van der Waals surface area (Å²) >= 11 is 0.